The number of carbonyl (C=O) groups is 4. The molecular formula is C18H35N5O7S. The molecule has 13 heteroatoms. The summed E-state index contributed by atoms with van der Waals surface area (Å²) in [5, 5.41) is 34.8. The van der Waals surface area contributed by atoms with Crippen molar-refractivity contribution < 1.29 is 34.5 Å². The molecule has 12 nitrogen and oxygen atoms in total. The molecule has 10 N–H and O–H groups in total. The Morgan fingerprint density at radius 2 is 1.45 bits per heavy atom. The van der Waals surface area contributed by atoms with E-state index in [4.69, 9.17) is 21.7 Å². The summed E-state index contributed by atoms with van der Waals surface area (Å²) in [7, 11) is 0. The highest BCUT2D eigenvalue weighted by Crippen LogP contribution is 2.06. The summed E-state index contributed by atoms with van der Waals surface area (Å²) in [5.74, 6) is -3.06. The lowest BCUT2D eigenvalue weighted by molar-refractivity contribution is -0.143. The van der Waals surface area contributed by atoms with Crippen LogP contribution in [0.15, 0.2) is 0 Å². The van der Waals surface area contributed by atoms with Crippen LogP contribution in [0, 0.1) is 0 Å². The number of amides is 3. The first-order chi connectivity index (χ1) is 14.6. The molecule has 0 fully saturated rings. The van der Waals surface area contributed by atoms with E-state index >= 15 is 0 Å². The molecule has 31 heavy (non-hydrogen) atoms. The Morgan fingerprint density at radius 1 is 0.935 bits per heavy atom. The Labute approximate surface area is 185 Å². The van der Waals surface area contributed by atoms with E-state index in [9.17, 15) is 24.3 Å². The molecule has 0 aromatic heterocycles. The fourth-order valence-corrected chi connectivity index (χ4v) is 2.95. The number of carboxylic acids is 1. The van der Waals surface area contributed by atoms with E-state index in [1.54, 1.807) is 6.26 Å². The van der Waals surface area contributed by atoms with Gasteiger partial charge in [-0.3, -0.25) is 14.4 Å². The first-order valence-corrected chi connectivity index (χ1v) is 11.4. The van der Waals surface area contributed by atoms with Gasteiger partial charge in [0.25, 0.3) is 0 Å². The van der Waals surface area contributed by atoms with Gasteiger partial charge >= 0.3 is 5.97 Å². The fraction of sp³-hybridized carbons (Fsp3) is 0.778. The number of aliphatic hydroxyl groups excluding tert-OH is 2. The van der Waals surface area contributed by atoms with E-state index in [0.29, 0.717) is 25.1 Å². The summed E-state index contributed by atoms with van der Waals surface area (Å²) >= 11 is 1.42. The van der Waals surface area contributed by atoms with Crippen LogP contribution in [0.1, 0.15) is 32.6 Å². The molecule has 180 valence electrons. The minimum atomic E-state index is -1.51. The third-order valence-corrected chi connectivity index (χ3v) is 5.09. The molecule has 0 aliphatic heterocycles. The average Bonchev–Trinajstić information content (AvgIpc) is 2.72. The Kier molecular flexibility index (Phi) is 14.8. The number of rotatable bonds is 16. The van der Waals surface area contributed by atoms with Gasteiger partial charge in [-0.2, -0.15) is 11.8 Å². The molecule has 0 heterocycles. The van der Waals surface area contributed by atoms with Crippen LogP contribution in [0.5, 0.6) is 0 Å². The van der Waals surface area contributed by atoms with Gasteiger partial charge in [0.05, 0.1) is 12.7 Å². The molecule has 5 unspecified atom stereocenters. The lowest BCUT2D eigenvalue weighted by atomic mass is 10.1. The zero-order valence-corrected chi connectivity index (χ0v) is 18.7. The van der Waals surface area contributed by atoms with E-state index in [-0.39, 0.29) is 12.8 Å². The first kappa shape index (κ1) is 29.1. The number of hydrogen-bond acceptors (Lipinski definition) is 9. The topological polar surface area (TPSA) is 217 Å². The van der Waals surface area contributed by atoms with Gasteiger partial charge in [-0.15, -0.1) is 0 Å². The number of carboxylic acid groups (broad SMARTS) is 1. The lowest BCUT2D eigenvalue weighted by Gasteiger charge is -2.25. The van der Waals surface area contributed by atoms with Gasteiger partial charge in [0.2, 0.25) is 17.7 Å². The molecule has 0 saturated heterocycles. The molecule has 0 aliphatic carbocycles. The molecule has 0 saturated carbocycles. The molecule has 0 radical (unpaired) electrons. The highest BCUT2D eigenvalue weighted by molar-refractivity contribution is 7.98. The van der Waals surface area contributed by atoms with E-state index in [0.717, 1.165) is 0 Å². The molecule has 0 aliphatic rings. The highest BCUT2D eigenvalue weighted by atomic mass is 32.2. The number of aliphatic carboxylic acids is 1. The minimum Gasteiger partial charge on any atom is -0.480 e. The van der Waals surface area contributed by atoms with Gasteiger partial charge in [0.15, 0.2) is 0 Å². The van der Waals surface area contributed by atoms with E-state index in [2.05, 4.69) is 16.0 Å². The summed E-state index contributed by atoms with van der Waals surface area (Å²) in [6, 6.07) is -4.85. The predicted octanol–water partition coefficient (Wildman–Crippen LogP) is -2.89. The molecule has 3 amide bonds. The maximum absolute atomic E-state index is 12.8. The van der Waals surface area contributed by atoms with Crippen molar-refractivity contribution in [3.63, 3.8) is 0 Å². The molecule has 0 aromatic carbocycles. The van der Waals surface area contributed by atoms with Gasteiger partial charge in [0, 0.05) is 0 Å². The SMILES string of the molecule is CSCCC(NC(=O)C(CCCCN)NC(=O)C(N)C(C)O)C(=O)NC(CO)C(=O)O. The summed E-state index contributed by atoms with van der Waals surface area (Å²) in [4.78, 5) is 48.6. The second-order valence-corrected chi connectivity index (χ2v) is 8.02. The van der Waals surface area contributed by atoms with Crippen molar-refractivity contribution in [2.45, 2.75) is 62.9 Å². The maximum atomic E-state index is 12.8. The largest absolute Gasteiger partial charge is 0.480 e. The third kappa shape index (κ3) is 11.3. The lowest BCUT2D eigenvalue weighted by Crippen LogP contribution is -2.58. The number of unbranched alkanes of at least 4 members (excludes halogenated alkanes) is 1. The quantitative estimate of drug-likeness (QED) is 0.109. The predicted molar refractivity (Wildman–Crippen MR) is 116 cm³/mol. The van der Waals surface area contributed by atoms with Crippen molar-refractivity contribution in [1.82, 2.24) is 16.0 Å². The Balaban J connectivity index is 5.36. The number of hydrogen-bond donors (Lipinski definition) is 8. The van der Waals surface area contributed by atoms with Crippen LogP contribution in [-0.2, 0) is 19.2 Å². The zero-order valence-electron chi connectivity index (χ0n) is 17.9. The van der Waals surface area contributed by atoms with Crippen molar-refractivity contribution >= 4 is 35.5 Å². The molecule has 5 atom stereocenters. The highest BCUT2D eigenvalue weighted by Gasteiger charge is 2.30. The maximum Gasteiger partial charge on any atom is 0.328 e. The van der Waals surface area contributed by atoms with Gasteiger partial charge in [-0.25, -0.2) is 4.79 Å². The zero-order chi connectivity index (χ0) is 24.0. The Hall–Kier alpha value is -1.93. The summed E-state index contributed by atoms with van der Waals surface area (Å²) in [6.45, 7) is 0.932. The van der Waals surface area contributed by atoms with Crippen molar-refractivity contribution in [1.29, 1.82) is 0 Å². The average molecular weight is 466 g/mol. The van der Waals surface area contributed by atoms with Crippen LogP contribution in [0.2, 0.25) is 0 Å². The minimum absolute atomic E-state index is 0.202. The van der Waals surface area contributed by atoms with Crippen LogP contribution in [0.4, 0.5) is 0 Å². The Bertz CT molecular complexity index is 594. The number of aliphatic hydroxyl groups is 2. The second-order valence-electron chi connectivity index (χ2n) is 7.04. The van der Waals surface area contributed by atoms with Gasteiger partial charge < -0.3 is 42.7 Å². The van der Waals surface area contributed by atoms with Gasteiger partial charge in [-0.05, 0) is 51.2 Å². The standard InChI is InChI=1S/C18H35N5O7S/c1-10(25)14(20)17(28)22-11(5-3-4-7-19)15(26)21-12(6-8-31-2)16(27)23-13(9-24)18(29)30/h10-14,24-25H,3-9,19-20H2,1-2H3,(H,21,26)(H,22,28)(H,23,27)(H,29,30). The van der Waals surface area contributed by atoms with Crippen molar-refractivity contribution in [2.75, 3.05) is 25.2 Å². The number of carbonyl (C=O) groups excluding carboxylic acids is 3. The van der Waals surface area contributed by atoms with Crippen molar-refractivity contribution in [2.24, 2.45) is 11.5 Å². The Morgan fingerprint density at radius 3 is 1.90 bits per heavy atom. The summed E-state index contributed by atoms with van der Waals surface area (Å²) in [6.07, 6.45) is 2.23. The first-order valence-electron chi connectivity index (χ1n) is 9.96. The summed E-state index contributed by atoms with van der Waals surface area (Å²) in [5.41, 5.74) is 11.1. The summed E-state index contributed by atoms with van der Waals surface area (Å²) < 4.78 is 0. The van der Waals surface area contributed by atoms with Crippen LogP contribution in [0.25, 0.3) is 0 Å². The van der Waals surface area contributed by atoms with E-state index in [1.165, 1.54) is 18.7 Å². The van der Waals surface area contributed by atoms with Gasteiger partial charge in [0.1, 0.15) is 24.2 Å². The molecule has 0 rings (SSSR count). The van der Waals surface area contributed by atoms with Crippen molar-refractivity contribution in [3.05, 3.63) is 0 Å². The fourth-order valence-electron chi connectivity index (χ4n) is 2.48. The number of thioether (sulfide) groups is 1. The van der Waals surface area contributed by atoms with Crippen LogP contribution in [0.3, 0.4) is 0 Å². The van der Waals surface area contributed by atoms with Gasteiger partial charge in [-0.1, -0.05) is 0 Å². The van der Waals surface area contributed by atoms with Crippen LogP contribution in [-0.4, -0.2) is 94.4 Å². The van der Waals surface area contributed by atoms with Crippen LogP contribution < -0.4 is 27.4 Å². The molecule has 0 spiro atoms. The molecule has 0 bridgehead atoms. The number of nitrogens with two attached hydrogens (primary N) is 2. The monoisotopic (exact) mass is 465 g/mol. The normalized spacial score (nSPS) is 15.8. The van der Waals surface area contributed by atoms with Crippen molar-refractivity contribution in [3.8, 4) is 0 Å². The third-order valence-electron chi connectivity index (χ3n) is 4.44. The van der Waals surface area contributed by atoms with E-state index < -0.39 is 60.6 Å². The van der Waals surface area contributed by atoms with E-state index in [1.807, 2.05) is 0 Å². The molecular weight excluding hydrogens is 430 g/mol. The number of nitrogens with one attached hydrogen (secondary N) is 3. The smallest absolute Gasteiger partial charge is 0.328 e. The molecule has 0 aromatic rings. The van der Waals surface area contributed by atoms with Crippen LogP contribution >= 0.6 is 11.8 Å². The second kappa shape index (κ2) is 15.8.